The van der Waals surface area contributed by atoms with Crippen LogP contribution in [-0.2, 0) is 18.7 Å². The molecule has 0 aliphatic carbocycles. The zero-order valence-corrected chi connectivity index (χ0v) is 18.5. The van der Waals surface area contributed by atoms with Gasteiger partial charge in [0.25, 0.3) is 0 Å². The van der Waals surface area contributed by atoms with Gasteiger partial charge in [-0.3, -0.25) is 0 Å². The Morgan fingerprint density at radius 1 is 0.958 bits per heavy atom. The monoisotopic (exact) mass is 481 g/mol. The first kappa shape index (κ1) is 24.7. The summed E-state index contributed by atoms with van der Waals surface area (Å²) in [6, 6.07) is -1.17. The quantitative estimate of drug-likeness (QED) is 0.333. The largest absolute Gasteiger partial charge is 0.460 e. The summed E-state index contributed by atoms with van der Waals surface area (Å²) < 4.78 is 11.5. The van der Waals surface area contributed by atoms with Crippen LogP contribution in [0.1, 0.15) is 0 Å². The highest BCUT2D eigenvalue weighted by atomic mass is 35.6. The lowest BCUT2D eigenvalue weighted by molar-refractivity contribution is -0.146. The first-order chi connectivity index (χ1) is 10.6. The van der Waals surface area contributed by atoms with Crippen molar-refractivity contribution in [3.05, 3.63) is 0 Å². The Labute approximate surface area is 171 Å². The minimum atomic E-state index is -1.97. The molecule has 0 heterocycles. The third-order valence-electron chi connectivity index (χ3n) is 2.00. The molecule has 0 saturated heterocycles. The van der Waals surface area contributed by atoms with Crippen LogP contribution in [0.25, 0.3) is 0 Å². The van der Waals surface area contributed by atoms with Crippen molar-refractivity contribution in [3.8, 4) is 0 Å². The summed E-state index contributed by atoms with van der Waals surface area (Å²) in [5.74, 6) is -0.856. The summed E-state index contributed by atoms with van der Waals surface area (Å²) in [5, 5.41) is 2.25. The molecule has 13 heteroatoms. The predicted molar refractivity (Wildman–Crippen MR) is 99.1 cm³/mol. The minimum absolute atomic E-state index is 0.142. The van der Waals surface area contributed by atoms with Gasteiger partial charge in [-0.1, -0.05) is 69.6 Å². The van der Waals surface area contributed by atoms with Crippen molar-refractivity contribution in [2.75, 3.05) is 19.8 Å². The molecule has 0 aliphatic heterocycles. The van der Waals surface area contributed by atoms with Gasteiger partial charge in [0.1, 0.15) is 13.2 Å². The van der Waals surface area contributed by atoms with E-state index in [0.29, 0.717) is 0 Å². The Hall–Kier alpha value is 0.657. The molecule has 0 rings (SSSR count). The Bertz CT molecular complexity index is 434. The van der Waals surface area contributed by atoms with Crippen LogP contribution in [0.2, 0.25) is 19.6 Å². The fourth-order valence-electron chi connectivity index (χ4n) is 1.09. The van der Waals surface area contributed by atoms with E-state index >= 15 is 0 Å². The molecule has 0 saturated carbocycles. The molecule has 1 amide bonds. The molecule has 6 nitrogen and oxygen atoms in total. The van der Waals surface area contributed by atoms with Gasteiger partial charge in [-0.2, -0.15) is 0 Å². The molecular weight excluding hydrogens is 467 g/mol. The van der Waals surface area contributed by atoms with Crippen LogP contribution in [0.5, 0.6) is 0 Å². The number of rotatable bonds is 7. The highest BCUT2D eigenvalue weighted by molar-refractivity contribution is 6.69. The van der Waals surface area contributed by atoms with E-state index in [1.807, 2.05) is 19.6 Å². The van der Waals surface area contributed by atoms with Crippen LogP contribution < -0.4 is 5.32 Å². The van der Waals surface area contributed by atoms with Gasteiger partial charge in [-0.25, -0.2) is 9.59 Å². The molecule has 0 aromatic heterocycles. The van der Waals surface area contributed by atoms with E-state index in [-0.39, 0.29) is 6.61 Å². The molecule has 1 N–H and O–H groups in total. The van der Waals surface area contributed by atoms with E-state index in [0.717, 1.165) is 0 Å². The second-order valence-corrected chi connectivity index (χ2v) is 15.1. The number of ether oxygens (including phenoxy) is 2. The zero-order chi connectivity index (χ0) is 19.2. The number of hydrogen-bond donors (Lipinski definition) is 1. The molecule has 0 aromatic carbocycles. The number of alkyl carbamates (subject to hydrolysis) is 1. The Kier molecular flexibility index (Phi) is 10.4. The fraction of sp³-hybridized carbons (Fsp3) is 0.818. The molecule has 0 unspecified atom stereocenters. The van der Waals surface area contributed by atoms with Crippen molar-refractivity contribution in [1.29, 1.82) is 0 Å². The van der Waals surface area contributed by atoms with Crippen molar-refractivity contribution < 1.29 is 23.5 Å². The van der Waals surface area contributed by atoms with Gasteiger partial charge in [0.15, 0.2) is 14.4 Å². The van der Waals surface area contributed by atoms with Gasteiger partial charge in [0, 0.05) is 0 Å². The lowest BCUT2D eigenvalue weighted by Gasteiger charge is -2.23. The molecule has 0 bridgehead atoms. The van der Waals surface area contributed by atoms with Gasteiger partial charge in [-0.15, -0.1) is 0 Å². The number of hydrogen-bond acceptors (Lipinski definition) is 5. The fourth-order valence-corrected chi connectivity index (χ4v) is 2.08. The number of alkyl halides is 6. The van der Waals surface area contributed by atoms with E-state index in [4.69, 9.17) is 78.8 Å². The summed E-state index contributed by atoms with van der Waals surface area (Å²) in [6.45, 7) is 4.56. The average molecular weight is 484 g/mol. The summed E-state index contributed by atoms with van der Waals surface area (Å²) >= 11 is 32.9. The van der Waals surface area contributed by atoms with E-state index in [2.05, 4.69) is 10.1 Å². The molecule has 24 heavy (non-hydrogen) atoms. The van der Waals surface area contributed by atoms with Crippen LogP contribution in [0.4, 0.5) is 4.79 Å². The maximum atomic E-state index is 12.0. The average Bonchev–Trinajstić information content (AvgIpc) is 2.35. The molecular formula is C11H17Cl6NO5Si. The van der Waals surface area contributed by atoms with Gasteiger partial charge in [0.05, 0.1) is 6.61 Å². The maximum Gasteiger partial charge on any atom is 0.408 e. The van der Waals surface area contributed by atoms with Gasteiger partial charge < -0.3 is 19.2 Å². The lowest BCUT2D eigenvalue weighted by atomic mass is 10.3. The van der Waals surface area contributed by atoms with Crippen LogP contribution in [0, 0.1) is 0 Å². The SMILES string of the molecule is C[Si](C)(C)OC[C@H](NC(=O)OCC(Cl)(Cl)Cl)C(=O)OCC(Cl)(Cl)Cl. The third kappa shape index (κ3) is 15.0. The second kappa shape index (κ2) is 10.1. The van der Waals surface area contributed by atoms with Crippen LogP contribution >= 0.6 is 69.6 Å². The molecule has 0 aliphatic rings. The Morgan fingerprint density at radius 3 is 1.83 bits per heavy atom. The van der Waals surface area contributed by atoms with Crippen molar-refractivity contribution in [1.82, 2.24) is 5.32 Å². The van der Waals surface area contributed by atoms with E-state index in [1.165, 1.54) is 0 Å². The second-order valence-electron chi connectivity index (χ2n) is 5.53. The van der Waals surface area contributed by atoms with Crippen LogP contribution in [0.15, 0.2) is 0 Å². The van der Waals surface area contributed by atoms with E-state index in [1.54, 1.807) is 0 Å². The lowest BCUT2D eigenvalue weighted by Crippen LogP contribution is -2.48. The molecule has 0 aromatic rings. The van der Waals surface area contributed by atoms with Gasteiger partial charge in [0.2, 0.25) is 7.59 Å². The molecule has 0 fully saturated rings. The molecule has 142 valence electrons. The Morgan fingerprint density at radius 2 is 1.42 bits per heavy atom. The highest BCUT2D eigenvalue weighted by Gasteiger charge is 2.30. The first-order valence-corrected chi connectivity index (χ1v) is 12.1. The van der Waals surface area contributed by atoms with E-state index < -0.39 is 47.2 Å². The number of amides is 1. The van der Waals surface area contributed by atoms with Crippen LogP contribution in [-0.4, -0.2) is 53.8 Å². The molecule has 0 radical (unpaired) electrons. The zero-order valence-electron chi connectivity index (χ0n) is 13.0. The number of esters is 1. The standard InChI is InChI=1S/C11H17Cl6NO5Si/c1-24(2,3)23-4-7(8(19)21-5-10(12,13)14)18-9(20)22-6-11(15,16)17/h7H,4-6H2,1-3H3,(H,18,20)/t7-/m0/s1. The topological polar surface area (TPSA) is 73.9 Å². The van der Waals surface area contributed by atoms with Gasteiger partial charge >= 0.3 is 12.1 Å². The summed E-state index contributed by atoms with van der Waals surface area (Å²) in [4.78, 5) is 23.7. The number of carbonyl (C=O) groups is 2. The van der Waals surface area contributed by atoms with Gasteiger partial charge in [-0.05, 0) is 19.6 Å². The summed E-state index contributed by atoms with van der Waals surface area (Å²) in [7, 11) is -1.97. The van der Waals surface area contributed by atoms with Crippen molar-refractivity contribution >= 4 is 90.0 Å². The molecule has 0 spiro atoms. The van der Waals surface area contributed by atoms with Crippen molar-refractivity contribution in [2.45, 2.75) is 33.3 Å². The third-order valence-corrected chi connectivity index (χ3v) is 3.69. The Balaban J connectivity index is 4.73. The van der Waals surface area contributed by atoms with E-state index in [9.17, 15) is 9.59 Å². The first-order valence-electron chi connectivity index (χ1n) is 6.46. The number of carbonyl (C=O) groups excluding carboxylic acids is 2. The smallest absolute Gasteiger partial charge is 0.408 e. The van der Waals surface area contributed by atoms with Crippen molar-refractivity contribution in [3.63, 3.8) is 0 Å². The minimum Gasteiger partial charge on any atom is -0.460 e. The van der Waals surface area contributed by atoms with Crippen molar-refractivity contribution in [2.24, 2.45) is 0 Å². The van der Waals surface area contributed by atoms with Crippen LogP contribution in [0.3, 0.4) is 0 Å². The number of nitrogens with one attached hydrogen (secondary N) is 1. The normalized spacial score (nSPS) is 14.0. The maximum absolute atomic E-state index is 12.0. The predicted octanol–water partition coefficient (Wildman–Crippen LogP) is 4.22. The highest BCUT2D eigenvalue weighted by Crippen LogP contribution is 2.26. The number of halogens is 6. The summed E-state index contributed by atoms with van der Waals surface area (Å²) in [6.07, 6.45) is -0.990. The summed E-state index contributed by atoms with van der Waals surface area (Å²) in [5.41, 5.74) is 0. The molecule has 1 atom stereocenters.